The van der Waals surface area contributed by atoms with Crippen molar-refractivity contribution in [2.24, 2.45) is 0 Å². The molecule has 1 N–H and O–H groups in total. The smallest absolute Gasteiger partial charge is 0.340 e. The van der Waals surface area contributed by atoms with Gasteiger partial charge in [-0.15, -0.1) is 0 Å². The highest BCUT2D eigenvalue weighted by Crippen LogP contribution is 2.27. The summed E-state index contributed by atoms with van der Waals surface area (Å²) in [5.41, 5.74) is 0.612. The number of benzene rings is 1. The maximum atomic E-state index is 12.3. The highest BCUT2D eigenvalue weighted by Gasteiger charge is 2.16. The summed E-state index contributed by atoms with van der Waals surface area (Å²) in [7, 11) is 0. The number of anilines is 1. The van der Waals surface area contributed by atoms with Gasteiger partial charge in [0.2, 0.25) is 0 Å². The molecule has 0 spiro atoms. The number of furan rings is 1. The first-order valence-corrected chi connectivity index (χ1v) is 8.17. The number of carbonyl (C=O) groups is 3. The van der Waals surface area contributed by atoms with Crippen molar-refractivity contribution < 1.29 is 23.5 Å². The molecule has 2 heterocycles. The topological polar surface area (TPSA) is 98.5 Å². The van der Waals surface area contributed by atoms with Gasteiger partial charge in [-0.25, -0.2) is 9.78 Å². The molecule has 1 amide bonds. The Morgan fingerprint density at radius 1 is 1.19 bits per heavy atom. The second-order valence-electron chi connectivity index (χ2n) is 5.35. The fourth-order valence-electron chi connectivity index (χ4n) is 2.23. The van der Waals surface area contributed by atoms with E-state index in [1.54, 1.807) is 30.3 Å². The Hall–Kier alpha value is -3.45. The molecule has 3 aromatic rings. The Morgan fingerprint density at radius 2 is 2.04 bits per heavy atom. The van der Waals surface area contributed by atoms with Crippen LogP contribution < -0.4 is 5.32 Å². The highest BCUT2D eigenvalue weighted by atomic mass is 35.5. The predicted molar refractivity (Wildman–Crippen MR) is 97.7 cm³/mol. The third kappa shape index (κ3) is 4.59. The average Bonchev–Trinajstić information content (AvgIpc) is 3.16. The lowest BCUT2D eigenvalue weighted by Gasteiger charge is -2.08. The normalized spacial score (nSPS) is 10.3. The maximum absolute atomic E-state index is 12.3. The number of halogens is 1. The SMILES string of the molecule is O=Cc1ccc(-c2ccc(Cl)c(C(=O)OCC(=O)Nc3ccccn3)c2)o1. The van der Waals surface area contributed by atoms with Crippen LogP contribution in [0.4, 0.5) is 5.82 Å². The minimum atomic E-state index is -0.764. The van der Waals surface area contributed by atoms with E-state index in [1.165, 1.54) is 24.4 Å². The van der Waals surface area contributed by atoms with E-state index in [1.807, 2.05) is 0 Å². The van der Waals surface area contributed by atoms with Crippen LogP contribution in [0.25, 0.3) is 11.3 Å². The van der Waals surface area contributed by atoms with Crippen LogP contribution in [0.1, 0.15) is 20.9 Å². The number of esters is 1. The number of nitrogens with one attached hydrogen (secondary N) is 1. The minimum absolute atomic E-state index is 0.0730. The number of ether oxygens (including phenoxy) is 1. The molecule has 0 bridgehead atoms. The first-order valence-electron chi connectivity index (χ1n) is 7.80. The monoisotopic (exact) mass is 384 g/mol. The van der Waals surface area contributed by atoms with E-state index < -0.39 is 18.5 Å². The zero-order chi connectivity index (χ0) is 19.2. The number of rotatable bonds is 6. The number of carbonyl (C=O) groups excluding carboxylic acids is 3. The van der Waals surface area contributed by atoms with Crippen molar-refractivity contribution in [3.8, 4) is 11.3 Å². The number of aldehydes is 1. The van der Waals surface area contributed by atoms with Gasteiger partial charge < -0.3 is 14.5 Å². The molecule has 0 saturated carbocycles. The second-order valence-corrected chi connectivity index (χ2v) is 5.76. The fourth-order valence-corrected chi connectivity index (χ4v) is 2.43. The largest absolute Gasteiger partial charge is 0.453 e. The molecule has 0 unspecified atom stereocenters. The van der Waals surface area contributed by atoms with Crippen molar-refractivity contribution in [1.82, 2.24) is 4.98 Å². The van der Waals surface area contributed by atoms with Crippen LogP contribution in [0.5, 0.6) is 0 Å². The van der Waals surface area contributed by atoms with Crippen molar-refractivity contribution in [3.63, 3.8) is 0 Å². The van der Waals surface area contributed by atoms with E-state index in [0.29, 0.717) is 23.4 Å². The molecule has 0 atom stereocenters. The van der Waals surface area contributed by atoms with Crippen LogP contribution in [-0.2, 0) is 9.53 Å². The lowest BCUT2D eigenvalue weighted by molar-refractivity contribution is -0.119. The lowest BCUT2D eigenvalue weighted by atomic mass is 10.1. The van der Waals surface area contributed by atoms with Crippen LogP contribution >= 0.6 is 11.6 Å². The molecular weight excluding hydrogens is 372 g/mol. The minimum Gasteiger partial charge on any atom is -0.453 e. The van der Waals surface area contributed by atoms with Gasteiger partial charge in [0.15, 0.2) is 18.7 Å². The van der Waals surface area contributed by atoms with E-state index in [0.717, 1.165) is 0 Å². The van der Waals surface area contributed by atoms with Gasteiger partial charge in [-0.3, -0.25) is 9.59 Å². The van der Waals surface area contributed by atoms with Crippen LogP contribution in [0.3, 0.4) is 0 Å². The molecule has 0 fully saturated rings. The van der Waals surface area contributed by atoms with E-state index in [4.69, 9.17) is 20.8 Å². The van der Waals surface area contributed by atoms with Crippen LogP contribution in [-0.4, -0.2) is 29.8 Å². The van der Waals surface area contributed by atoms with E-state index in [9.17, 15) is 14.4 Å². The van der Waals surface area contributed by atoms with Gasteiger partial charge >= 0.3 is 5.97 Å². The zero-order valence-corrected chi connectivity index (χ0v) is 14.6. The molecule has 3 rings (SSSR count). The maximum Gasteiger partial charge on any atom is 0.340 e. The van der Waals surface area contributed by atoms with Crippen molar-refractivity contribution >= 4 is 35.6 Å². The van der Waals surface area contributed by atoms with Gasteiger partial charge in [-0.1, -0.05) is 17.7 Å². The molecule has 0 radical (unpaired) electrons. The molecule has 27 heavy (non-hydrogen) atoms. The summed E-state index contributed by atoms with van der Waals surface area (Å²) in [5, 5.41) is 2.66. The van der Waals surface area contributed by atoms with Crippen molar-refractivity contribution in [3.05, 3.63) is 71.1 Å². The molecule has 1 aromatic carbocycles. The van der Waals surface area contributed by atoms with Crippen molar-refractivity contribution in [2.45, 2.75) is 0 Å². The second kappa shape index (κ2) is 8.29. The first kappa shape index (κ1) is 18.3. The third-order valence-corrected chi connectivity index (χ3v) is 3.81. The summed E-state index contributed by atoms with van der Waals surface area (Å²) in [6.45, 7) is -0.494. The summed E-state index contributed by atoms with van der Waals surface area (Å²) < 4.78 is 10.3. The van der Waals surface area contributed by atoms with Crippen LogP contribution in [0, 0.1) is 0 Å². The van der Waals surface area contributed by atoms with Gasteiger partial charge in [0.05, 0.1) is 10.6 Å². The number of amides is 1. The van der Waals surface area contributed by atoms with Crippen LogP contribution in [0.2, 0.25) is 5.02 Å². The molecular formula is C19H13ClN2O5. The number of aromatic nitrogens is 1. The summed E-state index contributed by atoms with van der Waals surface area (Å²) in [5.74, 6) is -0.385. The number of hydrogen-bond acceptors (Lipinski definition) is 6. The highest BCUT2D eigenvalue weighted by molar-refractivity contribution is 6.33. The zero-order valence-electron chi connectivity index (χ0n) is 13.8. The fraction of sp³-hybridized carbons (Fsp3) is 0.0526. The molecule has 0 saturated heterocycles. The van der Waals surface area contributed by atoms with Gasteiger partial charge in [-0.05, 0) is 42.5 Å². The molecule has 2 aromatic heterocycles. The number of hydrogen-bond donors (Lipinski definition) is 1. The Bertz CT molecular complexity index is 985. The summed E-state index contributed by atoms with van der Waals surface area (Å²) in [4.78, 5) is 38.8. The summed E-state index contributed by atoms with van der Waals surface area (Å²) in [6, 6.07) is 12.8. The number of pyridine rings is 1. The quantitative estimate of drug-likeness (QED) is 0.515. The lowest BCUT2D eigenvalue weighted by Crippen LogP contribution is -2.21. The Morgan fingerprint density at radius 3 is 2.74 bits per heavy atom. The Kier molecular flexibility index (Phi) is 5.63. The Balaban J connectivity index is 1.68. The van der Waals surface area contributed by atoms with Gasteiger partial charge in [0, 0.05) is 11.8 Å². The van der Waals surface area contributed by atoms with Gasteiger partial charge in [0.1, 0.15) is 11.6 Å². The van der Waals surface area contributed by atoms with Crippen molar-refractivity contribution in [2.75, 3.05) is 11.9 Å². The standard InChI is InChI=1S/C19H13ClN2O5/c20-15-6-4-12(16-7-5-13(10-23)27-16)9-14(15)19(25)26-11-18(24)22-17-3-1-2-8-21-17/h1-10H,11H2,(H,21,22,24). The van der Waals surface area contributed by atoms with E-state index >= 15 is 0 Å². The summed E-state index contributed by atoms with van der Waals surface area (Å²) >= 11 is 6.06. The number of nitrogens with zero attached hydrogens (tertiary/aromatic N) is 1. The van der Waals surface area contributed by atoms with Gasteiger partial charge in [-0.2, -0.15) is 0 Å². The van der Waals surface area contributed by atoms with Gasteiger partial charge in [0.25, 0.3) is 5.91 Å². The molecule has 8 heteroatoms. The Labute approximate surface area is 158 Å². The van der Waals surface area contributed by atoms with Crippen LogP contribution in [0.15, 0.2) is 59.1 Å². The predicted octanol–water partition coefficient (Wildman–Crippen LogP) is 3.60. The van der Waals surface area contributed by atoms with Crippen molar-refractivity contribution in [1.29, 1.82) is 0 Å². The molecule has 136 valence electrons. The molecule has 7 nitrogen and oxygen atoms in total. The third-order valence-electron chi connectivity index (χ3n) is 3.48. The molecule has 0 aliphatic carbocycles. The van der Waals surface area contributed by atoms with E-state index in [-0.39, 0.29) is 16.3 Å². The molecule has 0 aliphatic heterocycles. The van der Waals surface area contributed by atoms with E-state index in [2.05, 4.69) is 10.3 Å². The first-order chi connectivity index (χ1) is 13.1. The summed E-state index contributed by atoms with van der Waals surface area (Å²) in [6.07, 6.45) is 2.10. The average molecular weight is 385 g/mol. The molecule has 0 aliphatic rings.